The molecule has 152 valence electrons. The van der Waals surface area contributed by atoms with Crippen molar-refractivity contribution in [2.45, 2.75) is 19.0 Å². The molecule has 0 unspecified atom stereocenters. The first-order valence-corrected chi connectivity index (χ1v) is 11.2. The summed E-state index contributed by atoms with van der Waals surface area (Å²) in [4.78, 5) is 26.2. The van der Waals surface area contributed by atoms with Crippen molar-refractivity contribution in [3.05, 3.63) is 77.9 Å². The van der Waals surface area contributed by atoms with Crippen molar-refractivity contribution in [3.8, 4) is 0 Å². The Hall–Kier alpha value is -2.93. The highest BCUT2D eigenvalue weighted by Crippen LogP contribution is 2.20. The maximum absolute atomic E-state index is 12.8. The first-order valence-electron chi connectivity index (χ1n) is 9.37. The van der Waals surface area contributed by atoms with Gasteiger partial charge in [-0.25, -0.2) is 13.2 Å². The van der Waals surface area contributed by atoms with Gasteiger partial charge < -0.3 is 9.64 Å². The second-order valence-corrected chi connectivity index (χ2v) is 9.14. The van der Waals surface area contributed by atoms with Crippen LogP contribution >= 0.6 is 0 Å². The van der Waals surface area contributed by atoms with Crippen molar-refractivity contribution in [2.75, 3.05) is 18.1 Å². The third kappa shape index (κ3) is 6.29. The second kappa shape index (κ2) is 9.52. The lowest BCUT2D eigenvalue weighted by Crippen LogP contribution is -2.42. The SMILES string of the molecule is O=C(/C=C/c1ccccc1)OCC(=O)N(Cc1ccccc1)[C@H]1CCS(=O)(=O)C1. The van der Waals surface area contributed by atoms with Gasteiger partial charge in [0, 0.05) is 18.7 Å². The first kappa shape index (κ1) is 20.8. The van der Waals surface area contributed by atoms with E-state index in [-0.39, 0.29) is 18.1 Å². The lowest BCUT2D eigenvalue weighted by Gasteiger charge is -2.28. The van der Waals surface area contributed by atoms with Crippen molar-refractivity contribution in [1.82, 2.24) is 4.90 Å². The number of carbonyl (C=O) groups is 2. The van der Waals surface area contributed by atoms with Crippen LogP contribution in [0.15, 0.2) is 66.7 Å². The second-order valence-electron chi connectivity index (χ2n) is 6.92. The molecular formula is C22H23NO5S. The number of hydrogen-bond donors (Lipinski definition) is 0. The van der Waals surface area contributed by atoms with Gasteiger partial charge >= 0.3 is 5.97 Å². The third-order valence-corrected chi connectivity index (χ3v) is 6.46. The summed E-state index contributed by atoms with van der Waals surface area (Å²) >= 11 is 0. The minimum absolute atomic E-state index is 0.0621. The highest BCUT2D eigenvalue weighted by Gasteiger charge is 2.34. The number of ether oxygens (including phenoxy) is 1. The number of amides is 1. The van der Waals surface area contributed by atoms with E-state index in [1.165, 1.54) is 11.0 Å². The number of sulfone groups is 1. The molecule has 1 aliphatic heterocycles. The fourth-order valence-corrected chi connectivity index (χ4v) is 4.95. The topological polar surface area (TPSA) is 80.8 Å². The number of carbonyl (C=O) groups excluding carboxylic acids is 2. The monoisotopic (exact) mass is 413 g/mol. The normalized spacial score (nSPS) is 17.9. The molecule has 3 rings (SSSR count). The van der Waals surface area contributed by atoms with Gasteiger partial charge in [-0.1, -0.05) is 60.7 Å². The molecule has 1 fully saturated rings. The van der Waals surface area contributed by atoms with Crippen LogP contribution in [0, 0.1) is 0 Å². The first-order chi connectivity index (χ1) is 13.9. The number of hydrogen-bond acceptors (Lipinski definition) is 5. The lowest BCUT2D eigenvalue weighted by molar-refractivity contribution is -0.149. The number of benzene rings is 2. The van der Waals surface area contributed by atoms with Crippen molar-refractivity contribution in [2.24, 2.45) is 0 Å². The van der Waals surface area contributed by atoms with E-state index < -0.39 is 34.4 Å². The molecule has 0 aromatic heterocycles. The van der Waals surface area contributed by atoms with Gasteiger partial charge in [0.25, 0.3) is 5.91 Å². The molecule has 7 heteroatoms. The van der Waals surface area contributed by atoms with Crippen molar-refractivity contribution in [3.63, 3.8) is 0 Å². The van der Waals surface area contributed by atoms with Crippen LogP contribution in [0.25, 0.3) is 6.08 Å². The molecule has 1 atom stereocenters. The molecule has 0 bridgehead atoms. The average molecular weight is 413 g/mol. The van der Waals surface area contributed by atoms with E-state index in [0.29, 0.717) is 6.42 Å². The highest BCUT2D eigenvalue weighted by atomic mass is 32.2. The summed E-state index contributed by atoms with van der Waals surface area (Å²) in [6, 6.07) is 18.2. The van der Waals surface area contributed by atoms with Crippen LogP contribution in [0.3, 0.4) is 0 Å². The van der Waals surface area contributed by atoms with E-state index in [1.54, 1.807) is 6.08 Å². The summed E-state index contributed by atoms with van der Waals surface area (Å²) in [5.41, 5.74) is 1.73. The minimum atomic E-state index is -3.15. The van der Waals surface area contributed by atoms with Gasteiger partial charge in [0.2, 0.25) is 0 Å². The molecule has 2 aromatic rings. The maximum atomic E-state index is 12.8. The molecule has 1 saturated heterocycles. The van der Waals surface area contributed by atoms with Gasteiger partial charge in [0.1, 0.15) is 0 Å². The standard InChI is InChI=1S/C22H23NO5S/c24-21(16-28-22(25)12-11-18-7-3-1-4-8-18)23(15-19-9-5-2-6-10-19)20-13-14-29(26,27)17-20/h1-12,20H,13-17H2/b12-11+/t20-/m0/s1. The summed E-state index contributed by atoms with van der Waals surface area (Å²) in [5, 5.41) is 0. The molecule has 0 saturated carbocycles. The van der Waals surface area contributed by atoms with Gasteiger partial charge in [-0.3, -0.25) is 4.79 Å². The van der Waals surface area contributed by atoms with Crippen molar-refractivity contribution < 1.29 is 22.7 Å². The summed E-state index contributed by atoms with van der Waals surface area (Å²) < 4.78 is 28.8. The van der Waals surface area contributed by atoms with E-state index in [0.717, 1.165) is 11.1 Å². The average Bonchev–Trinajstić information content (AvgIpc) is 3.09. The number of rotatable bonds is 7. The van der Waals surface area contributed by atoms with E-state index in [1.807, 2.05) is 60.7 Å². The molecule has 2 aromatic carbocycles. The Morgan fingerprint density at radius 2 is 1.69 bits per heavy atom. The molecule has 1 aliphatic rings. The molecule has 29 heavy (non-hydrogen) atoms. The van der Waals surface area contributed by atoms with E-state index in [9.17, 15) is 18.0 Å². The van der Waals surface area contributed by atoms with Crippen molar-refractivity contribution >= 4 is 27.8 Å². The third-order valence-electron chi connectivity index (χ3n) is 4.71. The molecule has 1 heterocycles. The van der Waals surface area contributed by atoms with Crippen LogP contribution in [-0.4, -0.2) is 49.3 Å². The number of nitrogens with zero attached hydrogens (tertiary/aromatic N) is 1. The van der Waals surface area contributed by atoms with Crippen LogP contribution in [-0.2, 0) is 30.7 Å². The Bertz CT molecular complexity index is 971. The maximum Gasteiger partial charge on any atom is 0.331 e. The molecule has 0 aliphatic carbocycles. The van der Waals surface area contributed by atoms with E-state index >= 15 is 0 Å². The Morgan fingerprint density at radius 3 is 2.31 bits per heavy atom. The summed E-state index contributed by atoms with van der Waals surface area (Å²) in [5.74, 6) is -1.03. The summed E-state index contributed by atoms with van der Waals surface area (Å²) in [6.45, 7) is -0.154. The van der Waals surface area contributed by atoms with Crippen LogP contribution in [0.2, 0.25) is 0 Å². The van der Waals surface area contributed by atoms with Crippen LogP contribution in [0.5, 0.6) is 0 Å². The Labute approximate surface area is 170 Å². The zero-order valence-corrected chi connectivity index (χ0v) is 16.8. The quantitative estimate of drug-likeness (QED) is 0.515. The number of esters is 1. The minimum Gasteiger partial charge on any atom is -0.452 e. The van der Waals surface area contributed by atoms with Crippen LogP contribution < -0.4 is 0 Å². The largest absolute Gasteiger partial charge is 0.452 e. The zero-order chi connectivity index (χ0) is 20.7. The summed E-state index contributed by atoms with van der Waals surface area (Å²) in [7, 11) is -3.15. The Morgan fingerprint density at radius 1 is 1.03 bits per heavy atom. The predicted molar refractivity (Wildman–Crippen MR) is 110 cm³/mol. The van der Waals surface area contributed by atoms with E-state index in [2.05, 4.69) is 0 Å². The molecule has 0 radical (unpaired) electrons. The van der Waals surface area contributed by atoms with Crippen molar-refractivity contribution in [1.29, 1.82) is 0 Å². The van der Waals surface area contributed by atoms with Crippen LogP contribution in [0.1, 0.15) is 17.5 Å². The smallest absolute Gasteiger partial charge is 0.331 e. The Kier molecular flexibility index (Phi) is 6.82. The van der Waals surface area contributed by atoms with Gasteiger partial charge in [-0.2, -0.15) is 0 Å². The lowest BCUT2D eigenvalue weighted by atomic mass is 10.1. The summed E-state index contributed by atoms with van der Waals surface area (Å²) in [6.07, 6.45) is 3.27. The fourth-order valence-electron chi connectivity index (χ4n) is 3.21. The van der Waals surface area contributed by atoms with Crippen LogP contribution in [0.4, 0.5) is 0 Å². The van der Waals surface area contributed by atoms with Gasteiger partial charge in [0.15, 0.2) is 16.4 Å². The van der Waals surface area contributed by atoms with E-state index in [4.69, 9.17) is 4.74 Å². The zero-order valence-electron chi connectivity index (χ0n) is 15.9. The molecule has 0 spiro atoms. The molecule has 6 nitrogen and oxygen atoms in total. The molecule has 0 N–H and O–H groups in total. The fraction of sp³-hybridized carbons (Fsp3) is 0.273. The van der Waals surface area contributed by atoms with Gasteiger partial charge in [-0.15, -0.1) is 0 Å². The highest BCUT2D eigenvalue weighted by molar-refractivity contribution is 7.91. The van der Waals surface area contributed by atoms with Gasteiger partial charge in [0.05, 0.1) is 11.5 Å². The molecule has 1 amide bonds. The predicted octanol–water partition coefficient (Wildman–Crippen LogP) is 2.46. The Balaban J connectivity index is 1.63. The molecular weight excluding hydrogens is 390 g/mol. The van der Waals surface area contributed by atoms with Gasteiger partial charge in [-0.05, 0) is 23.6 Å².